The normalized spacial score (nSPS) is 12.7. The Morgan fingerprint density at radius 2 is 1.79 bits per heavy atom. The zero-order valence-corrected chi connectivity index (χ0v) is 19.5. The van der Waals surface area contributed by atoms with Crippen LogP contribution in [0.25, 0.3) is 0 Å². The van der Waals surface area contributed by atoms with Crippen LogP contribution in [0.15, 0.2) is 50.5 Å². The van der Waals surface area contributed by atoms with E-state index < -0.39 is 15.5 Å². The summed E-state index contributed by atoms with van der Waals surface area (Å²) in [6.45, 7) is 1.78. The second kappa shape index (κ2) is 9.67. The van der Waals surface area contributed by atoms with Crippen molar-refractivity contribution in [2.75, 3.05) is 4.72 Å². The van der Waals surface area contributed by atoms with Gasteiger partial charge in [0, 0.05) is 19.5 Å². The molecule has 0 aromatic heterocycles. The second-order valence-electron chi connectivity index (χ2n) is 5.68. The lowest BCUT2D eigenvalue weighted by molar-refractivity contribution is -0.0429. The highest BCUT2D eigenvalue weighted by molar-refractivity contribution is 9.11. The van der Waals surface area contributed by atoms with E-state index >= 15 is 0 Å². The highest BCUT2D eigenvalue weighted by Gasteiger charge is 2.46. The molecule has 2 rings (SSSR count). The smallest absolute Gasteiger partial charge is 0.391 e. The van der Waals surface area contributed by atoms with E-state index in [1.807, 2.05) is 18.2 Å². The van der Waals surface area contributed by atoms with Crippen molar-refractivity contribution < 1.29 is 26.4 Å². The lowest BCUT2D eigenvalue weighted by Gasteiger charge is -2.15. The third-order valence-electron chi connectivity index (χ3n) is 3.50. The summed E-state index contributed by atoms with van der Waals surface area (Å²) in [6, 6.07) is 9.19. The number of halogens is 6. The van der Waals surface area contributed by atoms with Gasteiger partial charge < -0.3 is 4.84 Å². The summed E-state index contributed by atoms with van der Waals surface area (Å²) in [4.78, 5) is 5.33. The molecule has 1 N–H and O–H groups in total. The van der Waals surface area contributed by atoms with Crippen molar-refractivity contribution in [2.45, 2.75) is 25.5 Å². The number of nitrogens with zero attached hydrogens (tertiary/aromatic N) is 1. The van der Waals surface area contributed by atoms with E-state index in [0.717, 1.165) is 20.6 Å². The SMILES string of the molecule is CCC(=NOCc1cc(Br)cc(Br)c1)c1cc(Cl)ccc1NS(=O)(=O)C(F)(F)F. The fraction of sp³-hybridized carbons (Fsp3) is 0.235. The molecule has 0 fully saturated rings. The third kappa shape index (κ3) is 6.59. The first kappa shape index (κ1) is 24.0. The van der Waals surface area contributed by atoms with Crippen LogP contribution in [0.4, 0.5) is 18.9 Å². The number of anilines is 1. The Morgan fingerprint density at radius 1 is 1.17 bits per heavy atom. The molecule has 0 radical (unpaired) electrons. The van der Waals surface area contributed by atoms with E-state index in [1.54, 1.807) is 6.92 Å². The molecule has 2 aromatic rings. The Labute approximate surface area is 187 Å². The summed E-state index contributed by atoms with van der Waals surface area (Å²) in [5, 5.41) is 4.17. The maximum atomic E-state index is 12.7. The molecule has 0 bridgehead atoms. The maximum Gasteiger partial charge on any atom is 0.516 e. The first-order valence-electron chi connectivity index (χ1n) is 7.95. The van der Waals surface area contributed by atoms with E-state index in [0.29, 0.717) is 0 Å². The van der Waals surface area contributed by atoms with Gasteiger partial charge in [-0.2, -0.15) is 21.6 Å². The van der Waals surface area contributed by atoms with Gasteiger partial charge in [0.15, 0.2) is 0 Å². The molecule has 0 saturated heterocycles. The van der Waals surface area contributed by atoms with E-state index in [9.17, 15) is 21.6 Å². The summed E-state index contributed by atoms with van der Waals surface area (Å²) >= 11 is 12.6. The molecule has 158 valence electrons. The molecule has 29 heavy (non-hydrogen) atoms. The summed E-state index contributed by atoms with van der Waals surface area (Å²) in [7, 11) is -5.60. The quantitative estimate of drug-likeness (QED) is 0.303. The van der Waals surface area contributed by atoms with Gasteiger partial charge in [-0.15, -0.1) is 0 Å². The van der Waals surface area contributed by atoms with Gasteiger partial charge in [0.05, 0.1) is 11.4 Å². The van der Waals surface area contributed by atoms with Gasteiger partial charge in [-0.05, 0) is 48.4 Å². The van der Waals surface area contributed by atoms with Crippen LogP contribution in [0.3, 0.4) is 0 Å². The Kier molecular flexibility index (Phi) is 8.00. The summed E-state index contributed by atoms with van der Waals surface area (Å²) < 4.78 is 64.3. The van der Waals surface area contributed by atoms with Crippen LogP contribution in [0.2, 0.25) is 5.02 Å². The largest absolute Gasteiger partial charge is 0.516 e. The van der Waals surface area contributed by atoms with Gasteiger partial charge in [-0.3, -0.25) is 4.72 Å². The predicted molar refractivity (Wildman–Crippen MR) is 114 cm³/mol. The summed E-state index contributed by atoms with van der Waals surface area (Å²) in [5.41, 5.74) is -4.67. The molecule has 12 heteroatoms. The average molecular weight is 579 g/mol. The number of oxime groups is 1. The lowest BCUT2D eigenvalue weighted by atomic mass is 10.1. The fourth-order valence-electron chi connectivity index (χ4n) is 2.23. The van der Waals surface area contributed by atoms with Crippen molar-refractivity contribution in [3.8, 4) is 0 Å². The van der Waals surface area contributed by atoms with Crippen LogP contribution < -0.4 is 4.72 Å². The molecule has 0 amide bonds. The third-order valence-corrected chi connectivity index (χ3v) is 5.75. The van der Waals surface area contributed by atoms with Crippen LogP contribution >= 0.6 is 43.5 Å². The zero-order valence-electron chi connectivity index (χ0n) is 14.7. The summed E-state index contributed by atoms with van der Waals surface area (Å²) in [5.74, 6) is 0. The Morgan fingerprint density at radius 3 is 2.34 bits per heavy atom. The van der Waals surface area contributed by atoms with Gasteiger partial charge >= 0.3 is 15.5 Å². The first-order valence-corrected chi connectivity index (χ1v) is 11.4. The molecule has 0 spiro atoms. The number of rotatable bonds is 7. The van der Waals surface area contributed by atoms with E-state index in [2.05, 4.69) is 37.0 Å². The van der Waals surface area contributed by atoms with Crippen molar-refractivity contribution >= 4 is 64.9 Å². The second-order valence-corrected chi connectivity index (χ2v) is 9.63. The summed E-state index contributed by atoms with van der Waals surface area (Å²) in [6.07, 6.45) is 0.253. The predicted octanol–water partition coefficient (Wildman–Crippen LogP) is 6.46. The Bertz CT molecular complexity index is 1010. The standard InChI is InChI=1S/C17H14Br2ClF3N2O3S/c1-2-15(24-28-9-10-5-11(18)7-12(19)6-10)14-8-13(20)3-4-16(14)25-29(26,27)17(21,22)23/h3-8,25H,2,9H2,1H3. The van der Waals surface area contributed by atoms with Crippen molar-refractivity contribution in [1.29, 1.82) is 0 Å². The van der Waals surface area contributed by atoms with Crippen molar-refractivity contribution in [2.24, 2.45) is 5.16 Å². The lowest BCUT2D eigenvalue weighted by Crippen LogP contribution is -2.30. The highest BCUT2D eigenvalue weighted by atomic mass is 79.9. The van der Waals surface area contributed by atoms with Crippen LogP contribution in [-0.2, 0) is 21.5 Å². The molecule has 0 heterocycles. The first-order chi connectivity index (χ1) is 13.4. The Balaban J connectivity index is 2.32. The minimum atomic E-state index is -5.60. The van der Waals surface area contributed by atoms with Gasteiger partial charge in [-0.1, -0.05) is 55.5 Å². The van der Waals surface area contributed by atoms with Crippen LogP contribution in [-0.4, -0.2) is 19.6 Å². The Hall–Kier alpha value is -1.30. The van der Waals surface area contributed by atoms with Crippen molar-refractivity contribution in [1.82, 2.24) is 0 Å². The van der Waals surface area contributed by atoms with Crippen LogP contribution in [0.5, 0.6) is 0 Å². The van der Waals surface area contributed by atoms with Gasteiger partial charge in [-0.25, -0.2) is 0 Å². The molecular formula is C17H14Br2ClF3N2O3S. The molecule has 0 unspecified atom stereocenters. The molecule has 0 aliphatic rings. The van der Waals surface area contributed by atoms with Crippen LogP contribution in [0.1, 0.15) is 24.5 Å². The number of benzene rings is 2. The number of hydrogen-bond donors (Lipinski definition) is 1. The molecule has 0 aliphatic heterocycles. The fourth-order valence-corrected chi connectivity index (χ4v) is 4.37. The monoisotopic (exact) mass is 576 g/mol. The molecule has 5 nitrogen and oxygen atoms in total. The molecule has 0 atom stereocenters. The molecule has 0 saturated carbocycles. The van der Waals surface area contributed by atoms with Crippen molar-refractivity contribution in [3.63, 3.8) is 0 Å². The molecule has 2 aromatic carbocycles. The van der Waals surface area contributed by atoms with Crippen LogP contribution in [0, 0.1) is 0 Å². The number of sulfonamides is 1. The van der Waals surface area contributed by atoms with E-state index in [-0.39, 0.29) is 35.0 Å². The van der Waals surface area contributed by atoms with E-state index in [4.69, 9.17) is 16.4 Å². The zero-order chi connectivity index (χ0) is 21.8. The van der Waals surface area contributed by atoms with E-state index in [1.165, 1.54) is 16.9 Å². The number of hydrogen-bond acceptors (Lipinski definition) is 4. The maximum absolute atomic E-state index is 12.7. The molecule has 0 aliphatic carbocycles. The molecular weight excluding hydrogens is 565 g/mol. The van der Waals surface area contributed by atoms with Gasteiger partial charge in [0.25, 0.3) is 0 Å². The number of nitrogens with one attached hydrogen (secondary N) is 1. The topological polar surface area (TPSA) is 67.8 Å². The minimum Gasteiger partial charge on any atom is -0.391 e. The van der Waals surface area contributed by atoms with Crippen molar-refractivity contribution in [3.05, 3.63) is 61.5 Å². The van der Waals surface area contributed by atoms with Gasteiger partial charge in [0.1, 0.15) is 6.61 Å². The number of alkyl halides is 3. The average Bonchev–Trinajstić information content (AvgIpc) is 2.58. The highest BCUT2D eigenvalue weighted by Crippen LogP contribution is 2.29. The van der Waals surface area contributed by atoms with Gasteiger partial charge in [0.2, 0.25) is 0 Å². The minimum absolute atomic E-state index is 0.0863.